The molecule has 0 bridgehead atoms. The number of aromatic nitrogens is 5. The van der Waals surface area contributed by atoms with Crippen LogP contribution in [-0.4, -0.2) is 32.4 Å². The van der Waals surface area contributed by atoms with E-state index in [0.717, 1.165) is 37.1 Å². The van der Waals surface area contributed by atoms with Crippen molar-refractivity contribution >= 4 is 23.2 Å². The Balaban J connectivity index is 1.46. The fraction of sp³-hybridized carbons (Fsp3) is 0.375. The lowest BCUT2D eigenvalue weighted by Gasteiger charge is -2.10. The van der Waals surface area contributed by atoms with Crippen LogP contribution in [0.3, 0.4) is 0 Å². The van der Waals surface area contributed by atoms with E-state index in [1.165, 1.54) is 0 Å². The van der Waals surface area contributed by atoms with Gasteiger partial charge < -0.3 is 9.26 Å². The number of tetrazole rings is 1. The Kier molecular flexibility index (Phi) is 5.88. The Morgan fingerprint density at radius 2 is 1.92 bits per heavy atom. The van der Waals surface area contributed by atoms with Gasteiger partial charge in [-0.3, -0.25) is 0 Å². The maximum atomic E-state index is 6.26. The van der Waals surface area contributed by atoms with Crippen molar-refractivity contribution < 1.29 is 9.26 Å². The number of nitrogens with zero attached hydrogens (tertiary/aromatic N) is 4. The van der Waals surface area contributed by atoms with E-state index in [9.17, 15) is 0 Å². The highest BCUT2D eigenvalue weighted by Crippen LogP contribution is 2.36. The maximum Gasteiger partial charge on any atom is 0.204 e. The molecule has 0 fully saturated rings. The number of aromatic amines is 1. The number of rotatable bonds is 8. The third-order valence-corrected chi connectivity index (χ3v) is 4.15. The van der Waals surface area contributed by atoms with Gasteiger partial charge >= 0.3 is 0 Å². The minimum Gasteiger partial charge on any atom is -0.490 e. The molecule has 9 heteroatoms. The van der Waals surface area contributed by atoms with Crippen LogP contribution in [0.25, 0.3) is 11.4 Å². The summed E-state index contributed by atoms with van der Waals surface area (Å²) in [5.41, 5.74) is 1.59. The van der Waals surface area contributed by atoms with E-state index in [4.69, 9.17) is 32.5 Å². The van der Waals surface area contributed by atoms with Gasteiger partial charge in [0.1, 0.15) is 5.76 Å². The third-order valence-electron chi connectivity index (χ3n) is 3.59. The molecule has 0 amide bonds. The highest BCUT2D eigenvalue weighted by atomic mass is 35.5. The minimum absolute atomic E-state index is 0.421. The molecule has 3 rings (SSSR count). The summed E-state index contributed by atoms with van der Waals surface area (Å²) in [7, 11) is 0. The standard InChI is InChI=1S/C16H17Cl2N5O2/c1-10-7-12(25-21-10)5-3-2-4-6-24-15-13(17)8-11(9-14(15)18)16-19-22-23-20-16/h7-9H,2-6H2,1H3,(H,19,20,22,23). The molecule has 0 atom stereocenters. The molecule has 2 aromatic heterocycles. The van der Waals surface area contributed by atoms with Crippen LogP contribution in [-0.2, 0) is 6.42 Å². The van der Waals surface area contributed by atoms with Crippen LogP contribution < -0.4 is 4.74 Å². The predicted molar refractivity (Wildman–Crippen MR) is 93.9 cm³/mol. The molecule has 1 aromatic carbocycles. The minimum atomic E-state index is 0.421. The van der Waals surface area contributed by atoms with E-state index in [1.807, 2.05) is 13.0 Å². The van der Waals surface area contributed by atoms with Crippen molar-refractivity contribution in [3.05, 3.63) is 39.7 Å². The normalized spacial score (nSPS) is 11.0. The molecular formula is C16H17Cl2N5O2. The van der Waals surface area contributed by atoms with Gasteiger partial charge in [-0.1, -0.05) is 28.4 Å². The Labute approximate surface area is 154 Å². The number of hydrogen-bond acceptors (Lipinski definition) is 6. The van der Waals surface area contributed by atoms with Crippen LogP contribution in [0.4, 0.5) is 0 Å². The molecule has 0 aliphatic carbocycles. The molecule has 25 heavy (non-hydrogen) atoms. The van der Waals surface area contributed by atoms with E-state index in [2.05, 4.69) is 25.8 Å². The number of halogens is 2. The number of benzene rings is 1. The van der Waals surface area contributed by atoms with Gasteiger partial charge in [-0.05, 0) is 43.5 Å². The van der Waals surface area contributed by atoms with Crippen molar-refractivity contribution in [3.8, 4) is 17.1 Å². The van der Waals surface area contributed by atoms with Gasteiger partial charge in [0.25, 0.3) is 0 Å². The number of aryl methyl sites for hydroxylation is 2. The average Bonchev–Trinajstić information content (AvgIpc) is 3.24. The zero-order valence-electron chi connectivity index (χ0n) is 13.6. The summed E-state index contributed by atoms with van der Waals surface area (Å²) >= 11 is 12.5. The molecule has 0 aliphatic rings. The van der Waals surface area contributed by atoms with E-state index >= 15 is 0 Å². The monoisotopic (exact) mass is 381 g/mol. The SMILES string of the molecule is Cc1cc(CCCCCOc2c(Cl)cc(-c3nn[nH]n3)cc2Cl)on1. The second kappa shape index (κ2) is 8.31. The van der Waals surface area contributed by atoms with E-state index in [-0.39, 0.29) is 0 Å². The van der Waals surface area contributed by atoms with Crippen molar-refractivity contribution in [1.29, 1.82) is 0 Å². The molecule has 3 aromatic rings. The predicted octanol–water partition coefficient (Wildman–Crippen LogP) is 4.26. The van der Waals surface area contributed by atoms with Gasteiger partial charge in [-0.2, -0.15) is 5.21 Å². The highest BCUT2D eigenvalue weighted by Gasteiger charge is 2.13. The first-order chi connectivity index (χ1) is 12.1. The van der Waals surface area contributed by atoms with Gasteiger partial charge in [0.2, 0.25) is 5.82 Å². The Bertz CT molecular complexity index is 797. The van der Waals surface area contributed by atoms with E-state index < -0.39 is 0 Å². The molecular weight excluding hydrogens is 365 g/mol. The molecule has 2 heterocycles. The second-order valence-electron chi connectivity index (χ2n) is 5.60. The van der Waals surface area contributed by atoms with Crippen LogP contribution in [0.1, 0.15) is 30.7 Å². The Hall–Kier alpha value is -2.12. The summed E-state index contributed by atoms with van der Waals surface area (Å²) in [6.45, 7) is 2.45. The first kappa shape index (κ1) is 17.7. The Morgan fingerprint density at radius 3 is 2.56 bits per heavy atom. The molecule has 132 valence electrons. The number of hydrogen-bond donors (Lipinski definition) is 1. The van der Waals surface area contributed by atoms with Crippen molar-refractivity contribution in [2.45, 2.75) is 32.6 Å². The quantitative estimate of drug-likeness (QED) is 0.586. The van der Waals surface area contributed by atoms with Crippen LogP contribution in [0, 0.1) is 6.92 Å². The average molecular weight is 382 g/mol. The Morgan fingerprint density at radius 1 is 1.12 bits per heavy atom. The molecule has 0 saturated carbocycles. The summed E-state index contributed by atoms with van der Waals surface area (Å²) in [6, 6.07) is 5.38. The zero-order chi connectivity index (χ0) is 17.6. The molecule has 0 spiro atoms. The van der Waals surface area contributed by atoms with Gasteiger partial charge in [0.15, 0.2) is 5.75 Å². The summed E-state index contributed by atoms with van der Waals surface area (Å²) in [4.78, 5) is 0. The maximum absolute atomic E-state index is 6.26. The van der Waals surface area contributed by atoms with Crippen molar-refractivity contribution in [3.63, 3.8) is 0 Å². The zero-order valence-corrected chi connectivity index (χ0v) is 15.1. The van der Waals surface area contributed by atoms with Crippen LogP contribution >= 0.6 is 23.2 Å². The molecule has 7 nitrogen and oxygen atoms in total. The van der Waals surface area contributed by atoms with Crippen molar-refractivity contribution in [2.24, 2.45) is 0 Å². The van der Waals surface area contributed by atoms with E-state index in [1.54, 1.807) is 12.1 Å². The van der Waals surface area contributed by atoms with E-state index in [0.29, 0.717) is 33.8 Å². The second-order valence-corrected chi connectivity index (χ2v) is 6.41. The first-order valence-corrected chi connectivity index (χ1v) is 8.67. The van der Waals surface area contributed by atoms with Crippen molar-refractivity contribution in [1.82, 2.24) is 25.8 Å². The molecule has 0 unspecified atom stereocenters. The van der Waals surface area contributed by atoms with Gasteiger partial charge in [0, 0.05) is 18.1 Å². The smallest absolute Gasteiger partial charge is 0.204 e. The molecule has 0 aliphatic heterocycles. The number of H-pyrrole nitrogens is 1. The third kappa shape index (κ3) is 4.70. The van der Waals surface area contributed by atoms with Crippen LogP contribution in [0.2, 0.25) is 10.0 Å². The summed E-state index contributed by atoms with van der Waals surface area (Å²) < 4.78 is 10.9. The summed E-state index contributed by atoms with van der Waals surface area (Å²) in [6.07, 6.45) is 3.79. The fourth-order valence-electron chi connectivity index (χ4n) is 2.40. The topological polar surface area (TPSA) is 89.7 Å². The lowest BCUT2D eigenvalue weighted by atomic mass is 10.1. The number of unbranched alkanes of at least 4 members (excludes halogenated alkanes) is 2. The molecule has 0 radical (unpaired) electrons. The highest BCUT2D eigenvalue weighted by molar-refractivity contribution is 6.37. The van der Waals surface area contributed by atoms with Gasteiger partial charge in [0.05, 0.1) is 22.3 Å². The number of ether oxygens (including phenoxy) is 1. The first-order valence-electron chi connectivity index (χ1n) is 7.91. The van der Waals surface area contributed by atoms with Crippen LogP contribution in [0.15, 0.2) is 22.7 Å². The summed E-state index contributed by atoms with van der Waals surface area (Å²) in [5.74, 6) is 1.82. The summed E-state index contributed by atoms with van der Waals surface area (Å²) in [5, 5.41) is 18.4. The van der Waals surface area contributed by atoms with Gasteiger partial charge in [-0.25, -0.2) is 0 Å². The van der Waals surface area contributed by atoms with Crippen LogP contribution in [0.5, 0.6) is 5.75 Å². The molecule has 0 saturated heterocycles. The fourth-order valence-corrected chi connectivity index (χ4v) is 2.99. The largest absolute Gasteiger partial charge is 0.490 e. The number of nitrogens with one attached hydrogen (secondary N) is 1. The molecule has 1 N–H and O–H groups in total. The lowest BCUT2D eigenvalue weighted by Crippen LogP contribution is -1.99. The van der Waals surface area contributed by atoms with Crippen molar-refractivity contribution in [2.75, 3.05) is 6.61 Å². The lowest BCUT2D eigenvalue weighted by molar-refractivity contribution is 0.303. The van der Waals surface area contributed by atoms with Gasteiger partial charge in [-0.15, -0.1) is 10.2 Å².